The molecule has 0 aromatic heterocycles. The van der Waals surface area contributed by atoms with Gasteiger partial charge in [0.05, 0.1) is 12.5 Å². The number of phenols is 1. The van der Waals surface area contributed by atoms with Gasteiger partial charge in [0, 0.05) is 12.0 Å². The Labute approximate surface area is 148 Å². The minimum atomic E-state index is -1.07. The SMILES string of the molecule is COc1cc(CCC(=O)C(C)(C)C(=O)c2ccc(C)cc2)ccc1O. The number of hydrogen-bond donors (Lipinski definition) is 1. The van der Waals surface area contributed by atoms with E-state index in [1.54, 1.807) is 44.2 Å². The molecule has 0 fully saturated rings. The van der Waals surface area contributed by atoms with Crippen LogP contribution in [0.1, 0.15) is 41.8 Å². The molecule has 2 rings (SSSR count). The topological polar surface area (TPSA) is 63.6 Å². The van der Waals surface area contributed by atoms with Gasteiger partial charge in [0.25, 0.3) is 0 Å². The van der Waals surface area contributed by atoms with E-state index in [1.165, 1.54) is 7.11 Å². The summed E-state index contributed by atoms with van der Waals surface area (Å²) in [6, 6.07) is 12.3. The van der Waals surface area contributed by atoms with Crippen molar-refractivity contribution in [1.82, 2.24) is 0 Å². The van der Waals surface area contributed by atoms with E-state index in [0.717, 1.165) is 11.1 Å². The van der Waals surface area contributed by atoms with E-state index in [1.807, 2.05) is 19.1 Å². The number of carbonyl (C=O) groups excluding carboxylic acids is 2. The molecule has 0 bridgehead atoms. The molecule has 132 valence electrons. The molecule has 0 amide bonds. The summed E-state index contributed by atoms with van der Waals surface area (Å²) in [6.45, 7) is 5.31. The third-order valence-corrected chi connectivity index (χ3v) is 4.46. The Balaban J connectivity index is 2.08. The first-order valence-electron chi connectivity index (χ1n) is 8.26. The Kier molecular flexibility index (Phi) is 5.62. The van der Waals surface area contributed by atoms with Crippen molar-refractivity contribution in [2.45, 2.75) is 33.6 Å². The summed E-state index contributed by atoms with van der Waals surface area (Å²) in [5.41, 5.74) is 1.43. The van der Waals surface area contributed by atoms with Gasteiger partial charge in [-0.2, -0.15) is 0 Å². The van der Waals surface area contributed by atoms with Crippen molar-refractivity contribution in [3.05, 3.63) is 59.2 Å². The third kappa shape index (κ3) is 4.27. The Bertz CT molecular complexity index is 773. The molecule has 0 aliphatic carbocycles. The second kappa shape index (κ2) is 7.51. The van der Waals surface area contributed by atoms with Gasteiger partial charge >= 0.3 is 0 Å². The molecule has 0 radical (unpaired) electrons. The molecule has 2 aromatic rings. The average Bonchev–Trinajstić information content (AvgIpc) is 2.60. The quantitative estimate of drug-likeness (QED) is 0.608. The van der Waals surface area contributed by atoms with Crippen molar-refractivity contribution in [1.29, 1.82) is 0 Å². The maximum atomic E-state index is 12.7. The van der Waals surface area contributed by atoms with Crippen molar-refractivity contribution in [3.63, 3.8) is 0 Å². The summed E-state index contributed by atoms with van der Waals surface area (Å²) in [4.78, 5) is 25.3. The molecule has 1 N–H and O–H groups in total. The summed E-state index contributed by atoms with van der Waals surface area (Å²) in [7, 11) is 1.48. The fourth-order valence-electron chi connectivity index (χ4n) is 2.64. The molecule has 0 heterocycles. The fourth-order valence-corrected chi connectivity index (χ4v) is 2.64. The zero-order chi connectivity index (χ0) is 18.6. The standard InChI is InChI=1S/C21H24O4/c1-14-5-9-16(10-6-14)20(24)21(2,3)19(23)12-8-15-7-11-17(22)18(13-15)25-4/h5-7,9-11,13,22H,8,12H2,1-4H3. The molecule has 0 aliphatic rings. The van der Waals surface area contributed by atoms with Gasteiger partial charge in [0.2, 0.25) is 0 Å². The lowest BCUT2D eigenvalue weighted by Gasteiger charge is -2.22. The number of aryl methyl sites for hydroxylation is 2. The molecule has 0 saturated heterocycles. The van der Waals surface area contributed by atoms with Gasteiger partial charge < -0.3 is 9.84 Å². The number of benzene rings is 2. The molecule has 4 nitrogen and oxygen atoms in total. The molecular weight excluding hydrogens is 316 g/mol. The molecular formula is C21H24O4. The predicted molar refractivity (Wildman–Crippen MR) is 97.3 cm³/mol. The van der Waals surface area contributed by atoms with E-state index in [2.05, 4.69) is 0 Å². The Morgan fingerprint density at radius 3 is 2.32 bits per heavy atom. The predicted octanol–water partition coefficient (Wildman–Crippen LogP) is 4.12. The lowest BCUT2D eigenvalue weighted by Crippen LogP contribution is -2.33. The number of ketones is 2. The molecule has 0 atom stereocenters. The molecule has 4 heteroatoms. The van der Waals surface area contributed by atoms with Crippen LogP contribution in [-0.4, -0.2) is 23.8 Å². The second-order valence-corrected chi connectivity index (χ2v) is 6.75. The van der Waals surface area contributed by atoms with Crippen LogP contribution >= 0.6 is 0 Å². The first kappa shape index (κ1) is 18.7. The lowest BCUT2D eigenvalue weighted by molar-refractivity contribution is -0.124. The van der Waals surface area contributed by atoms with Gasteiger partial charge in [-0.1, -0.05) is 35.9 Å². The molecule has 0 unspecified atom stereocenters. The maximum absolute atomic E-state index is 12.7. The zero-order valence-corrected chi connectivity index (χ0v) is 15.1. The minimum Gasteiger partial charge on any atom is -0.504 e. The number of methoxy groups -OCH3 is 1. The summed E-state index contributed by atoms with van der Waals surface area (Å²) in [6.07, 6.45) is 0.735. The molecule has 0 saturated carbocycles. The van der Waals surface area contributed by atoms with Crippen LogP contribution in [0.15, 0.2) is 42.5 Å². The van der Waals surface area contributed by atoms with Gasteiger partial charge in [-0.15, -0.1) is 0 Å². The molecule has 0 spiro atoms. The van der Waals surface area contributed by atoms with E-state index in [0.29, 0.717) is 17.7 Å². The highest BCUT2D eigenvalue weighted by Crippen LogP contribution is 2.29. The fraction of sp³-hybridized carbons (Fsp3) is 0.333. The molecule has 0 aliphatic heterocycles. The Morgan fingerprint density at radius 2 is 1.72 bits per heavy atom. The first-order valence-corrected chi connectivity index (χ1v) is 8.26. The van der Waals surface area contributed by atoms with Crippen molar-refractivity contribution in [3.8, 4) is 11.5 Å². The van der Waals surface area contributed by atoms with Crippen LogP contribution in [0.5, 0.6) is 11.5 Å². The zero-order valence-electron chi connectivity index (χ0n) is 15.1. The summed E-state index contributed by atoms with van der Waals surface area (Å²) in [5, 5.41) is 9.62. The van der Waals surface area contributed by atoms with Crippen molar-refractivity contribution in [2.75, 3.05) is 7.11 Å². The average molecular weight is 340 g/mol. The number of rotatable bonds is 7. The van der Waals surface area contributed by atoms with E-state index in [4.69, 9.17) is 4.74 Å². The summed E-state index contributed by atoms with van der Waals surface area (Å²) >= 11 is 0. The second-order valence-electron chi connectivity index (χ2n) is 6.75. The van der Waals surface area contributed by atoms with Gasteiger partial charge in [-0.05, 0) is 44.9 Å². The maximum Gasteiger partial charge on any atom is 0.175 e. The van der Waals surface area contributed by atoms with Gasteiger partial charge in [-0.3, -0.25) is 9.59 Å². The van der Waals surface area contributed by atoms with E-state index in [9.17, 15) is 14.7 Å². The van der Waals surface area contributed by atoms with E-state index >= 15 is 0 Å². The summed E-state index contributed by atoms with van der Waals surface area (Å²) in [5.74, 6) is 0.165. The smallest absolute Gasteiger partial charge is 0.175 e. The van der Waals surface area contributed by atoms with Crippen LogP contribution in [0.2, 0.25) is 0 Å². The molecule has 2 aromatic carbocycles. The first-order chi connectivity index (χ1) is 11.8. The lowest BCUT2D eigenvalue weighted by atomic mass is 9.78. The monoisotopic (exact) mass is 340 g/mol. The number of hydrogen-bond acceptors (Lipinski definition) is 4. The van der Waals surface area contributed by atoms with Crippen molar-refractivity contribution in [2.24, 2.45) is 5.41 Å². The molecule has 25 heavy (non-hydrogen) atoms. The summed E-state index contributed by atoms with van der Waals surface area (Å²) < 4.78 is 5.08. The highest BCUT2D eigenvalue weighted by Gasteiger charge is 2.35. The third-order valence-electron chi connectivity index (χ3n) is 4.46. The van der Waals surface area contributed by atoms with Crippen molar-refractivity contribution >= 4 is 11.6 Å². The van der Waals surface area contributed by atoms with Crippen molar-refractivity contribution < 1.29 is 19.4 Å². The van der Waals surface area contributed by atoms with E-state index in [-0.39, 0.29) is 23.7 Å². The number of carbonyl (C=O) groups is 2. The normalized spacial score (nSPS) is 11.2. The van der Waals surface area contributed by atoms with Gasteiger partial charge in [0.1, 0.15) is 5.78 Å². The Morgan fingerprint density at radius 1 is 1.08 bits per heavy atom. The van der Waals surface area contributed by atoms with Crippen LogP contribution in [0.25, 0.3) is 0 Å². The van der Waals surface area contributed by atoms with Crippen LogP contribution in [0, 0.1) is 12.3 Å². The van der Waals surface area contributed by atoms with Crippen LogP contribution in [0.4, 0.5) is 0 Å². The number of Topliss-reactive ketones (excluding diaryl/α,β-unsaturated/α-hetero) is 2. The van der Waals surface area contributed by atoms with E-state index < -0.39 is 5.41 Å². The minimum absolute atomic E-state index is 0.0625. The van der Waals surface area contributed by atoms with Gasteiger partial charge in [-0.25, -0.2) is 0 Å². The number of aromatic hydroxyl groups is 1. The van der Waals surface area contributed by atoms with Crippen LogP contribution in [-0.2, 0) is 11.2 Å². The van der Waals surface area contributed by atoms with Gasteiger partial charge in [0.15, 0.2) is 17.3 Å². The van der Waals surface area contributed by atoms with Crippen LogP contribution < -0.4 is 4.74 Å². The number of phenolic OH excluding ortho intramolecular Hbond substituents is 1. The Hall–Kier alpha value is -2.62. The largest absolute Gasteiger partial charge is 0.504 e. The highest BCUT2D eigenvalue weighted by molar-refractivity contribution is 6.13. The number of ether oxygens (including phenoxy) is 1. The highest BCUT2D eigenvalue weighted by atomic mass is 16.5. The van der Waals surface area contributed by atoms with Crippen LogP contribution in [0.3, 0.4) is 0 Å².